The molecule has 0 radical (unpaired) electrons. The van der Waals surface area contributed by atoms with Crippen molar-refractivity contribution in [3.63, 3.8) is 0 Å². The van der Waals surface area contributed by atoms with Crippen LogP contribution < -0.4 is 0 Å². The van der Waals surface area contributed by atoms with Gasteiger partial charge in [-0.15, -0.1) is 0 Å². The van der Waals surface area contributed by atoms with Crippen molar-refractivity contribution in [3.05, 3.63) is 221 Å². The van der Waals surface area contributed by atoms with Crippen molar-refractivity contribution in [1.82, 2.24) is 4.90 Å². The van der Waals surface area contributed by atoms with Gasteiger partial charge in [0.1, 0.15) is 12.0 Å². The van der Waals surface area contributed by atoms with Gasteiger partial charge in [-0.05, 0) is 85.7 Å². The van der Waals surface area contributed by atoms with E-state index in [1.54, 1.807) is 0 Å². The van der Waals surface area contributed by atoms with Crippen LogP contribution in [0.4, 0.5) is 0 Å². The maximum Gasteiger partial charge on any atom is 0.159 e. The highest BCUT2D eigenvalue weighted by molar-refractivity contribution is 6.13. The van der Waals surface area contributed by atoms with Crippen LogP contribution in [0.3, 0.4) is 0 Å². The van der Waals surface area contributed by atoms with Crippen molar-refractivity contribution in [2.45, 2.75) is 31.3 Å². The van der Waals surface area contributed by atoms with E-state index in [2.05, 4.69) is 207 Å². The Kier molecular flexibility index (Phi) is 8.64. The molecule has 270 valence electrons. The summed E-state index contributed by atoms with van der Waals surface area (Å²) in [5, 5.41) is 0. The van der Waals surface area contributed by atoms with Crippen LogP contribution in [0.1, 0.15) is 64.7 Å². The van der Waals surface area contributed by atoms with Crippen LogP contribution in [0.5, 0.6) is 0 Å². The number of nitrogens with zero attached hydrogens (tertiary/aromatic N) is 3. The highest BCUT2D eigenvalue weighted by Crippen LogP contribution is 2.54. The SMILES string of the molecule is CC1CC(c2cccc(-c3cccc(C4=NC(c5ccccc5)N(C)C(c5cccc(-c6ccccc6)c5)=N4)c3)c2)C=C2c3ccccc3-c3ccccc3C21. The molecule has 0 spiro atoms. The number of allylic oxidation sites excluding steroid dienone is 2. The van der Waals surface area contributed by atoms with Gasteiger partial charge in [0.25, 0.3) is 0 Å². The molecule has 1 heterocycles. The molecule has 4 atom stereocenters. The van der Waals surface area contributed by atoms with Crippen molar-refractivity contribution < 1.29 is 0 Å². The third-order valence-corrected chi connectivity index (χ3v) is 12.0. The first kappa shape index (κ1) is 33.9. The summed E-state index contributed by atoms with van der Waals surface area (Å²) < 4.78 is 0. The molecule has 10 rings (SSSR count). The molecule has 7 aromatic rings. The van der Waals surface area contributed by atoms with Gasteiger partial charge in [-0.3, -0.25) is 0 Å². The maximum atomic E-state index is 5.31. The summed E-state index contributed by atoms with van der Waals surface area (Å²) in [4.78, 5) is 12.8. The van der Waals surface area contributed by atoms with Crippen LogP contribution in [0, 0.1) is 5.92 Å². The third kappa shape index (κ3) is 6.10. The van der Waals surface area contributed by atoms with E-state index in [0.29, 0.717) is 17.8 Å². The first-order valence-corrected chi connectivity index (χ1v) is 19.8. The second kappa shape index (κ2) is 14.2. The molecule has 7 aromatic carbocycles. The minimum atomic E-state index is -0.215. The third-order valence-electron chi connectivity index (χ3n) is 12.0. The molecule has 3 aliphatic rings. The average Bonchev–Trinajstić information content (AvgIpc) is 3.27. The average molecular weight is 722 g/mol. The fourth-order valence-electron chi connectivity index (χ4n) is 9.29. The van der Waals surface area contributed by atoms with Gasteiger partial charge in [0.05, 0.1) is 0 Å². The summed E-state index contributed by atoms with van der Waals surface area (Å²) in [6.45, 7) is 2.44. The highest BCUT2D eigenvalue weighted by Gasteiger charge is 2.37. The van der Waals surface area contributed by atoms with Gasteiger partial charge in [0.15, 0.2) is 5.84 Å². The molecule has 0 fully saturated rings. The maximum absolute atomic E-state index is 5.31. The Morgan fingerprint density at radius 1 is 0.500 bits per heavy atom. The lowest BCUT2D eigenvalue weighted by atomic mass is 9.64. The zero-order valence-corrected chi connectivity index (χ0v) is 31.8. The lowest BCUT2D eigenvalue weighted by molar-refractivity contribution is 0.383. The summed E-state index contributed by atoms with van der Waals surface area (Å²) in [6, 6.07) is 65.7. The van der Waals surface area contributed by atoms with Crippen LogP contribution in [0.25, 0.3) is 39.0 Å². The van der Waals surface area contributed by atoms with E-state index in [0.717, 1.165) is 45.9 Å². The minimum Gasteiger partial charge on any atom is -0.333 e. The van der Waals surface area contributed by atoms with E-state index in [-0.39, 0.29) is 6.17 Å². The first-order chi connectivity index (χ1) is 27.6. The van der Waals surface area contributed by atoms with Crippen molar-refractivity contribution >= 4 is 17.2 Å². The van der Waals surface area contributed by atoms with Gasteiger partial charge in [-0.25, -0.2) is 9.98 Å². The molecule has 4 unspecified atom stereocenters. The van der Waals surface area contributed by atoms with E-state index in [1.165, 1.54) is 44.5 Å². The molecule has 0 N–H and O–H groups in total. The summed E-state index contributed by atoms with van der Waals surface area (Å²) >= 11 is 0. The van der Waals surface area contributed by atoms with Gasteiger partial charge in [0.2, 0.25) is 0 Å². The van der Waals surface area contributed by atoms with E-state index in [9.17, 15) is 0 Å². The molecular formula is C53H43N3. The van der Waals surface area contributed by atoms with Crippen LogP contribution in [-0.2, 0) is 0 Å². The number of amidine groups is 2. The standard InChI is InChI=1S/C53H43N3/c1-35-30-44(34-49-47-28-10-9-26-45(47)46-27-11-12-29-48(46)50(35)49)41-23-13-21-39(31-41)40-22-14-24-42(32-40)51-54-52(37-18-7-4-8-19-37)56(2)53(55-51)43-25-15-20-38(33-43)36-16-5-3-6-17-36/h3-29,31-35,44,50,52H,30H2,1-2H3. The van der Waals surface area contributed by atoms with E-state index >= 15 is 0 Å². The van der Waals surface area contributed by atoms with Gasteiger partial charge < -0.3 is 4.90 Å². The van der Waals surface area contributed by atoms with Crippen molar-refractivity contribution in [1.29, 1.82) is 0 Å². The Labute approximate surface area is 330 Å². The number of benzene rings is 7. The summed E-state index contributed by atoms with van der Waals surface area (Å²) in [5.41, 5.74) is 16.4. The quantitative estimate of drug-likeness (QED) is 0.168. The molecule has 0 saturated heterocycles. The van der Waals surface area contributed by atoms with Gasteiger partial charge in [-0.1, -0.05) is 183 Å². The number of aliphatic imine (C=N–C) groups is 2. The minimum absolute atomic E-state index is 0.215. The Hall–Kier alpha value is -6.58. The lowest BCUT2D eigenvalue weighted by Gasteiger charge is -2.40. The number of hydrogen-bond acceptors (Lipinski definition) is 3. The van der Waals surface area contributed by atoms with E-state index in [4.69, 9.17) is 9.98 Å². The Morgan fingerprint density at radius 3 is 1.84 bits per heavy atom. The predicted octanol–water partition coefficient (Wildman–Crippen LogP) is 12.8. The van der Waals surface area contributed by atoms with Crippen LogP contribution in [0.15, 0.2) is 198 Å². The number of fused-ring (bicyclic) bond motifs is 6. The topological polar surface area (TPSA) is 28.0 Å². The number of hydrogen-bond donors (Lipinski definition) is 0. The predicted molar refractivity (Wildman–Crippen MR) is 233 cm³/mol. The molecule has 0 amide bonds. The molecule has 0 aromatic heterocycles. The van der Waals surface area contributed by atoms with Crippen molar-refractivity contribution in [3.8, 4) is 33.4 Å². The van der Waals surface area contributed by atoms with Gasteiger partial charge in [0, 0.05) is 30.0 Å². The molecule has 3 heteroatoms. The Balaban J connectivity index is 1.01. The molecule has 56 heavy (non-hydrogen) atoms. The van der Waals surface area contributed by atoms with Crippen LogP contribution in [0.2, 0.25) is 0 Å². The summed E-state index contributed by atoms with van der Waals surface area (Å²) in [6.07, 6.45) is 3.48. The number of rotatable bonds is 6. The smallest absolute Gasteiger partial charge is 0.159 e. The Bertz CT molecular complexity index is 2670. The fraction of sp³-hybridized carbons (Fsp3) is 0.132. The van der Waals surface area contributed by atoms with Gasteiger partial charge in [-0.2, -0.15) is 0 Å². The highest BCUT2D eigenvalue weighted by atomic mass is 15.3. The normalized spacial score (nSPS) is 19.8. The lowest BCUT2D eigenvalue weighted by Crippen LogP contribution is -2.35. The zero-order valence-electron chi connectivity index (χ0n) is 31.8. The second-order valence-corrected chi connectivity index (χ2v) is 15.5. The monoisotopic (exact) mass is 721 g/mol. The van der Waals surface area contributed by atoms with Gasteiger partial charge >= 0.3 is 0 Å². The largest absolute Gasteiger partial charge is 0.333 e. The Morgan fingerprint density at radius 2 is 1.05 bits per heavy atom. The molecule has 1 aliphatic heterocycles. The zero-order chi connectivity index (χ0) is 37.6. The van der Waals surface area contributed by atoms with Crippen molar-refractivity contribution in [2.24, 2.45) is 15.9 Å². The summed E-state index contributed by atoms with van der Waals surface area (Å²) in [5.74, 6) is 2.91. The molecule has 3 nitrogen and oxygen atoms in total. The fourth-order valence-corrected chi connectivity index (χ4v) is 9.29. The van der Waals surface area contributed by atoms with Crippen molar-refractivity contribution in [2.75, 3.05) is 7.05 Å². The summed E-state index contributed by atoms with van der Waals surface area (Å²) in [7, 11) is 2.10. The van der Waals surface area contributed by atoms with E-state index < -0.39 is 0 Å². The van der Waals surface area contributed by atoms with Crippen LogP contribution in [-0.4, -0.2) is 23.6 Å². The molecule has 0 bridgehead atoms. The van der Waals surface area contributed by atoms with E-state index in [1.807, 2.05) is 0 Å². The molecule has 0 saturated carbocycles. The first-order valence-electron chi connectivity index (χ1n) is 19.8. The molecular weight excluding hydrogens is 679 g/mol. The van der Waals surface area contributed by atoms with Crippen LogP contribution >= 0.6 is 0 Å². The molecule has 2 aliphatic carbocycles. The second-order valence-electron chi connectivity index (χ2n) is 15.5.